The zero-order valence-electron chi connectivity index (χ0n) is 11.8. The summed E-state index contributed by atoms with van der Waals surface area (Å²) < 4.78 is 5.95. The SMILES string of the molecule is c1ccc2c(c1)CC(CNc1ccc3ccccc3c1)O2. The van der Waals surface area contributed by atoms with Gasteiger partial charge in [0.2, 0.25) is 0 Å². The van der Waals surface area contributed by atoms with Crippen molar-refractivity contribution in [3.8, 4) is 5.75 Å². The van der Waals surface area contributed by atoms with E-state index in [4.69, 9.17) is 4.74 Å². The lowest BCUT2D eigenvalue weighted by atomic mass is 10.1. The van der Waals surface area contributed by atoms with E-state index in [1.165, 1.54) is 16.3 Å². The van der Waals surface area contributed by atoms with Gasteiger partial charge in [0.25, 0.3) is 0 Å². The van der Waals surface area contributed by atoms with Gasteiger partial charge in [0.05, 0.1) is 6.54 Å². The molecule has 1 unspecified atom stereocenters. The zero-order valence-corrected chi connectivity index (χ0v) is 11.8. The molecule has 0 aromatic heterocycles. The van der Waals surface area contributed by atoms with Crippen molar-refractivity contribution in [3.05, 3.63) is 72.3 Å². The molecule has 0 fully saturated rings. The third-order valence-electron chi connectivity index (χ3n) is 4.00. The second kappa shape index (κ2) is 5.13. The molecule has 2 nitrogen and oxygen atoms in total. The molecule has 0 spiro atoms. The van der Waals surface area contributed by atoms with Crippen LogP contribution in [0.3, 0.4) is 0 Å². The van der Waals surface area contributed by atoms with Crippen molar-refractivity contribution in [1.29, 1.82) is 0 Å². The number of anilines is 1. The fraction of sp³-hybridized carbons (Fsp3) is 0.158. The van der Waals surface area contributed by atoms with Crippen LogP contribution in [0.25, 0.3) is 10.8 Å². The number of benzene rings is 3. The number of hydrogen-bond donors (Lipinski definition) is 1. The van der Waals surface area contributed by atoms with Crippen molar-refractivity contribution in [3.63, 3.8) is 0 Å². The maximum Gasteiger partial charge on any atom is 0.123 e. The summed E-state index contributed by atoms with van der Waals surface area (Å²) in [5.41, 5.74) is 2.45. The predicted molar refractivity (Wildman–Crippen MR) is 87.0 cm³/mol. The van der Waals surface area contributed by atoms with Crippen molar-refractivity contribution < 1.29 is 4.74 Å². The lowest BCUT2D eigenvalue weighted by Gasteiger charge is -2.13. The van der Waals surface area contributed by atoms with Crippen molar-refractivity contribution in [2.75, 3.05) is 11.9 Å². The van der Waals surface area contributed by atoms with Crippen molar-refractivity contribution in [2.45, 2.75) is 12.5 Å². The Balaban J connectivity index is 1.45. The second-order valence-electron chi connectivity index (χ2n) is 5.49. The van der Waals surface area contributed by atoms with Gasteiger partial charge in [-0.15, -0.1) is 0 Å². The molecule has 0 saturated carbocycles. The monoisotopic (exact) mass is 275 g/mol. The van der Waals surface area contributed by atoms with E-state index in [-0.39, 0.29) is 6.10 Å². The maximum absolute atomic E-state index is 5.95. The van der Waals surface area contributed by atoms with Crippen molar-refractivity contribution in [1.82, 2.24) is 0 Å². The summed E-state index contributed by atoms with van der Waals surface area (Å²) >= 11 is 0. The molecule has 0 radical (unpaired) electrons. The molecule has 3 aromatic rings. The number of hydrogen-bond acceptors (Lipinski definition) is 2. The lowest BCUT2D eigenvalue weighted by Crippen LogP contribution is -2.23. The summed E-state index contributed by atoms with van der Waals surface area (Å²) in [7, 11) is 0. The van der Waals surface area contributed by atoms with Gasteiger partial charge in [0.15, 0.2) is 0 Å². The van der Waals surface area contributed by atoms with Gasteiger partial charge in [-0.2, -0.15) is 0 Å². The van der Waals surface area contributed by atoms with Gasteiger partial charge in [0, 0.05) is 12.1 Å². The molecule has 1 atom stereocenters. The summed E-state index contributed by atoms with van der Waals surface area (Å²) in [5, 5.41) is 6.02. The van der Waals surface area contributed by atoms with E-state index in [1.54, 1.807) is 0 Å². The Morgan fingerprint density at radius 3 is 2.62 bits per heavy atom. The van der Waals surface area contributed by atoms with E-state index >= 15 is 0 Å². The second-order valence-corrected chi connectivity index (χ2v) is 5.49. The molecular formula is C19H17NO. The number of nitrogens with one attached hydrogen (secondary N) is 1. The van der Waals surface area contributed by atoms with E-state index in [0.29, 0.717) is 0 Å². The van der Waals surface area contributed by atoms with Crippen LogP contribution in [-0.2, 0) is 6.42 Å². The van der Waals surface area contributed by atoms with Gasteiger partial charge in [0.1, 0.15) is 11.9 Å². The first kappa shape index (κ1) is 12.3. The molecule has 0 aliphatic carbocycles. The maximum atomic E-state index is 5.95. The highest BCUT2D eigenvalue weighted by atomic mass is 16.5. The third-order valence-corrected chi connectivity index (χ3v) is 4.00. The Bertz CT molecular complexity index is 756. The van der Waals surface area contributed by atoms with Crippen LogP contribution >= 0.6 is 0 Å². The summed E-state index contributed by atoms with van der Waals surface area (Å²) in [6.07, 6.45) is 1.20. The van der Waals surface area contributed by atoms with Crippen LogP contribution in [-0.4, -0.2) is 12.6 Å². The molecule has 4 rings (SSSR count). The number of fused-ring (bicyclic) bond motifs is 2. The number of rotatable bonds is 3. The average Bonchev–Trinajstić information content (AvgIpc) is 2.95. The molecule has 2 heteroatoms. The fourth-order valence-electron chi connectivity index (χ4n) is 2.90. The highest BCUT2D eigenvalue weighted by Gasteiger charge is 2.21. The lowest BCUT2D eigenvalue weighted by molar-refractivity contribution is 0.246. The predicted octanol–water partition coefficient (Wildman–Crippen LogP) is 4.26. The molecule has 3 aromatic carbocycles. The topological polar surface area (TPSA) is 21.3 Å². The minimum atomic E-state index is 0.217. The standard InChI is InChI=1S/C19H17NO/c1-2-6-15-11-17(10-9-14(15)5-1)20-13-18-12-16-7-3-4-8-19(16)21-18/h1-11,18,20H,12-13H2. The van der Waals surface area contributed by atoms with Gasteiger partial charge >= 0.3 is 0 Å². The highest BCUT2D eigenvalue weighted by Crippen LogP contribution is 2.28. The first-order valence-electron chi connectivity index (χ1n) is 7.36. The number of para-hydroxylation sites is 1. The van der Waals surface area contributed by atoms with E-state index in [0.717, 1.165) is 24.4 Å². The van der Waals surface area contributed by atoms with Gasteiger partial charge in [-0.1, -0.05) is 48.5 Å². The Morgan fingerprint density at radius 1 is 0.905 bits per heavy atom. The van der Waals surface area contributed by atoms with Crippen LogP contribution in [0.4, 0.5) is 5.69 Å². The molecule has 104 valence electrons. The van der Waals surface area contributed by atoms with Crippen molar-refractivity contribution in [2.24, 2.45) is 0 Å². The first-order valence-corrected chi connectivity index (χ1v) is 7.36. The normalized spacial score (nSPS) is 16.5. The summed E-state index contributed by atoms with van der Waals surface area (Å²) in [5.74, 6) is 1.03. The minimum absolute atomic E-state index is 0.217. The van der Waals surface area contributed by atoms with Gasteiger partial charge in [-0.05, 0) is 34.5 Å². The van der Waals surface area contributed by atoms with Crippen LogP contribution < -0.4 is 10.1 Å². The van der Waals surface area contributed by atoms with E-state index in [2.05, 4.69) is 59.9 Å². The van der Waals surface area contributed by atoms with E-state index in [1.807, 2.05) is 12.1 Å². The van der Waals surface area contributed by atoms with Crippen molar-refractivity contribution >= 4 is 16.5 Å². The third kappa shape index (κ3) is 2.45. The minimum Gasteiger partial charge on any atom is -0.488 e. The van der Waals surface area contributed by atoms with Crippen LogP contribution in [0.5, 0.6) is 5.75 Å². The summed E-state index contributed by atoms with van der Waals surface area (Å²) in [4.78, 5) is 0. The smallest absolute Gasteiger partial charge is 0.123 e. The Hall–Kier alpha value is -2.48. The molecule has 0 bridgehead atoms. The van der Waals surface area contributed by atoms with Crippen LogP contribution in [0.15, 0.2) is 66.7 Å². The fourth-order valence-corrected chi connectivity index (χ4v) is 2.90. The number of ether oxygens (including phenoxy) is 1. The largest absolute Gasteiger partial charge is 0.488 e. The van der Waals surface area contributed by atoms with Crippen LogP contribution in [0.2, 0.25) is 0 Å². The average molecular weight is 275 g/mol. The quantitative estimate of drug-likeness (QED) is 0.771. The first-order chi connectivity index (χ1) is 10.4. The molecule has 21 heavy (non-hydrogen) atoms. The summed E-state index contributed by atoms with van der Waals surface area (Å²) in [6, 6.07) is 23.2. The van der Waals surface area contributed by atoms with Gasteiger partial charge in [-0.3, -0.25) is 0 Å². The van der Waals surface area contributed by atoms with Crippen LogP contribution in [0.1, 0.15) is 5.56 Å². The molecule has 1 heterocycles. The highest BCUT2D eigenvalue weighted by molar-refractivity contribution is 5.85. The molecule has 1 aliphatic heterocycles. The van der Waals surface area contributed by atoms with Crippen LogP contribution in [0, 0.1) is 0 Å². The Kier molecular flexibility index (Phi) is 3.00. The molecule has 0 saturated heterocycles. The van der Waals surface area contributed by atoms with Gasteiger partial charge in [-0.25, -0.2) is 0 Å². The zero-order chi connectivity index (χ0) is 14.1. The Labute approximate surface area is 124 Å². The van der Waals surface area contributed by atoms with E-state index < -0.39 is 0 Å². The Morgan fingerprint density at radius 2 is 1.71 bits per heavy atom. The molecular weight excluding hydrogens is 258 g/mol. The van der Waals surface area contributed by atoms with Gasteiger partial charge < -0.3 is 10.1 Å². The molecule has 1 N–H and O–H groups in total. The molecule has 1 aliphatic rings. The summed E-state index contributed by atoms with van der Waals surface area (Å²) in [6.45, 7) is 0.826. The molecule has 0 amide bonds. The van der Waals surface area contributed by atoms with E-state index in [9.17, 15) is 0 Å².